The molecule has 1 heterocycles. The number of hydrogen-bond acceptors (Lipinski definition) is 4. The molecule has 6 heteroatoms. The molecule has 0 spiro atoms. The van der Waals surface area contributed by atoms with Crippen molar-refractivity contribution in [1.82, 2.24) is 0 Å². The van der Waals surface area contributed by atoms with Gasteiger partial charge in [0.15, 0.2) is 0 Å². The summed E-state index contributed by atoms with van der Waals surface area (Å²) in [6.45, 7) is 1.44. The van der Waals surface area contributed by atoms with Crippen LogP contribution in [-0.2, 0) is 16.6 Å². The summed E-state index contributed by atoms with van der Waals surface area (Å²) >= 11 is 1.24. The van der Waals surface area contributed by atoms with Gasteiger partial charge in [-0.2, -0.15) is 0 Å². The van der Waals surface area contributed by atoms with Crippen LogP contribution in [0.5, 0.6) is 0 Å². The monoisotopic (exact) mass is 283 g/mol. The van der Waals surface area contributed by atoms with Crippen LogP contribution in [0.3, 0.4) is 0 Å². The molecule has 0 radical (unpaired) electrons. The summed E-state index contributed by atoms with van der Waals surface area (Å²) in [6, 6.07) is 8.68. The summed E-state index contributed by atoms with van der Waals surface area (Å²) in [7, 11) is -3.64. The third-order valence-corrected chi connectivity index (χ3v) is 5.26. The standard InChI is InChI=1S/C12H13NO3S2/c1-9-8-17-11(7-14)12(9)18(15,16)13-10-5-3-2-4-6-10/h2-6,8,13-14H,7H2,1H3. The third kappa shape index (κ3) is 2.55. The van der Waals surface area contributed by atoms with Gasteiger partial charge < -0.3 is 5.11 Å². The van der Waals surface area contributed by atoms with E-state index in [9.17, 15) is 13.5 Å². The van der Waals surface area contributed by atoms with Gasteiger partial charge in [0.2, 0.25) is 0 Å². The zero-order valence-corrected chi connectivity index (χ0v) is 11.4. The summed E-state index contributed by atoms with van der Waals surface area (Å²) in [4.78, 5) is 0.634. The fourth-order valence-corrected chi connectivity index (χ4v) is 4.39. The minimum Gasteiger partial charge on any atom is -0.391 e. The predicted octanol–water partition coefficient (Wildman–Crippen LogP) is 2.35. The van der Waals surface area contributed by atoms with Gasteiger partial charge >= 0.3 is 0 Å². The maximum Gasteiger partial charge on any atom is 0.263 e. The quantitative estimate of drug-likeness (QED) is 0.905. The number of nitrogens with one attached hydrogen (secondary N) is 1. The molecule has 1 aromatic carbocycles. The van der Waals surface area contributed by atoms with Crippen LogP contribution in [0.1, 0.15) is 10.4 Å². The molecular weight excluding hydrogens is 270 g/mol. The first-order valence-corrected chi connectivity index (χ1v) is 7.66. The highest BCUT2D eigenvalue weighted by Crippen LogP contribution is 2.28. The first-order chi connectivity index (χ1) is 8.54. The predicted molar refractivity (Wildman–Crippen MR) is 72.2 cm³/mol. The Bertz CT molecular complexity index is 633. The van der Waals surface area contributed by atoms with Crippen molar-refractivity contribution in [3.8, 4) is 0 Å². The molecule has 0 saturated heterocycles. The summed E-state index contributed by atoms with van der Waals surface area (Å²) < 4.78 is 27.0. The van der Waals surface area contributed by atoms with Crippen LogP contribution in [0, 0.1) is 6.92 Å². The SMILES string of the molecule is Cc1csc(CO)c1S(=O)(=O)Nc1ccccc1. The zero-order chi connectivity index (χ0) is 13.2. The average molecular weight is 283 g/mol. The van der Waals surface area contributed by atoms with E-state index in [1.165, 1.54) is 11.3 Å². The van der Waals surface area contributed by atoms with E-state index in [0.29, 0.717) is 16.1 Å². The van der Waals surface area contributed by atoms with E-state index >= 15 is 0 Å². The van der Waals surface area contributed by atoms with E-state index < -0.39 is 10.0 Å². The fraction of sp³-hybridized carbons (Fsp3) is 0.167. The van der Waals surface area contributed by atoms with Crippen molar-refractivity contribution < 1.29 is 13.5 Å². The maximum atomic E-state index is 12.2. The largest absolute Gasteiger partial charge is 0.391 e. The van der Waals surface area contributed by atoms with E-state index in [1.54, 1.807) is 36.6 Å². The summed E-state index contributed by atoms with van der Waals surface area (Å²) in [5.74, 6) is 0. The lowest BCUT2D eigenvalue weighted by molar-refractivity contribution is 0.282. The number of thiophene rings is 1. The Balaban J connectivity index is 2.40. The van der Waals surface area contributed by atoms with Crippen LogP contribution in [0.2, 0.25) is 0 Å². The number of anilines is 1. The molecule has 2 aromatic rings. The molecule has 0 unspecified atom stereocenters. The number of aliphatic hydroxyl groups is 1. The minimum atomic E-state index is -3.64. The molecule has 0 fully saturated rings. The zero-order valence-electron chi connectivity index (χ0n) is 9.75. The Hall–Kier alpha value is -1.37. The molecule has 2 rings (SSSR count). The van der Waals surface area contributed by atoms with Gasteiger partial charge in [-0.15, -0.1) is 11.3 Å². The van der Waals surface area contributed by atoms with E-state index in [-0.39, 0.29) is 11.5 Å². The number of para-hydroxylation sites is 1. The fourth-order valence-electron chi connectivity index (χ4n) is 1.67. The van der Waals surface area contributed by atoms with Gasteiger partial charge in [0.1, 0.15) is 4.90 Å². The molecule has 96 valence electrons. The number of aliphatic hydroxyl groups excluding tert-OH is 1. The van der Waals surface area contributed by atoms with Gasteiger partial charge in [-0.25, -0.2) is 8.42 Å². The van der Waals surface area contributed by atoms with Crippen molar-refractivity contribution in [1.29, 1.82) is 0 Å². The Kier molecular flexibility index (Phi) is 3.70. The van der Waals surface area contributed by atoms with Crippen molar-refractivity contribution in [2.24, 2.45) is 0 Å². The number of sulfonamides is 1. The number of aryl methyl sites for hydroxylation is 1. The Morgan fingerprint density at radius 2 is 1.94 bits per heavy atom. The van der Waals surface area contributed by atoms with Crippen LogP contribution in [0.15, 0.2) is 40.6 Å². The van der Waals surface area contributed by atoms with Gasteiger partial charge in [0.25, 0.3) is 10.0 Å². The molecule has 0 amide bonds. The molecule has 0 bridgehead atoms. The highest BCUT2D eigenvalue weighted by atomic mass is 32.2. The molecule has 4 nitrogen and oxygen atoms in total. The van der Waals surface area contributed by atoms with Crippen molar-refractivity contribution in [3.63, 3.8) is 0 Å². The van der Waals surface area contributed by atoms with Crippen LogP contribution in [-0.4, -0.2) is 13.5 Å². The Labute approximate surface area is 110 Å². The van der Waals surface area contributed by atoms with E-state index in [4.69, 9.17) is 0 Å². The molecular formula is C12H13NO3S2. The molecule has 2 N–H and O–H groups in total. The maximum absolute atomic E-state index is 12.2. The summed E-state index contributed by atoms with van der Waals surface area (Å²) in [5, 5.41) is 10.9. The topological polar surface area (TPSA) is 66.4 Å². The lowest BCUT2D eigenvalue weighted by Crippen LogP contribution is -2.14. The van der Waals surface area contributed by atoms with Crippen LogP contribution in [0.4, 0.5) is 5.69 Å². The van der Waals surface area contributed by atoms with Crippen molar-refractivity contribution in [2.45, 2.75) is 18.4 Å². The Morgan fingerprint density at radius 3 is 2.56 bits per heavy atom. The summed E-state index contributed by atoms with van der Waals surface area (Å²) in [6.07, 6.45) is 0. The lowest BCUT2D eigenvalue weighted by Gasteiger charge is -2.09. The first kappa shape index (κ1) is 13.1. The highest BCUT2D eigenvalue weighted by molar-refractivity contribution is 7.93. The molecule has 0 atom stereocenters. The average Bonchev–Trinajstić information content (AvgIpc) is 2.72. The van der Waals surface area contributed by atoms with Crippen LogP contribution < -0.4 is 4.72 Å². The van der Waals surface area contributed by atoms with Crippen LogP contribution in [0.25, 0.3) is 0 Å². The van der Waals surface area contributed by atoms with E-state index in [1.807, 2.05) is 6.07 Å². The normalized spacial score (nSPS) is 11.4. The van der Waals surface area contributed by atoms with Gasteiger partial charge in [-0.05, 0) is 30.0 Å². The molecule has 1 aromatic heterocycles. The van der Waals surface area contributed by atoms with Crippen LogP contribution >= 0.6 is 11.3 Å². The van der Waals surface area contributed by atoms with E-state index in [0.717, 1.165) is 0 Å². The van der Waals surface area contributed by atoms with Crippen molar-refractivity contribution in [3.05, 3.63) is 46.2 Å². The molecule has 18 heavy (non-hydrogen) atoms. The smallest absolute Gasteiger partial charge is 0.263 e. The first-order valence-electron chi connectivity index (χ1n) is 5.30. The summed E-state index contributed by atoms with van der Waals surface area (Å²) in [5.41, 5.74) is 1.15. The van der Waals surface area contributed by atoms with Gasteiger partial charge in [0.05, 0.1) is 11.5 Å². The molecule has 0 aliphatic rings. The molecule has 0 saturated carbocycles. The highest BCUT2D eigenvalue weighted by Gasteiger charge is 2.22. The van der Waals surface area contributed by atoms with Gasteiger partial charge in [-0.3, -0.25) is 4.72 Å². The van der Waals surface area contributed by atoms with Gasteiger partial charge in [0, 0.05) is 5.69 Å². The second-order valence-corrected chi connectivity index (χ2v) is 6.38. The molecule has 0 aliphatic carbocycles. The van der Waals surface area contributed by atoms with E-state index in [2.05, 4.69) is 4.72 Å². The van der Waals surface area contributed by atoms with Gasteiger partial charge in [-0.1, -0.05) is 18.2 Å². The lowest BCUT2D eigenvalue weighted by atomic mass is 10.3. The number of benzene rings is 1. The second kappa shape index (κ2) is 5.09. The number of hydrogen-bond donors (Lipinski definition) is 2. The number of rotatable bonds is 4. The minimum absolute atomic E-state index is 0.179. The molecule has 0 aliphatic heterocycles. The van der Waals surface area contributed by atoms with Crippen molar-refractivity contribution in [2.75, 3.05) is 4.72 Å². The Morgan fingerprint density at radius 1 is 1.28 bits per heavy atom. The van der Waals surface area contributed by atoms with Crippen molar-refractivity contribution >= 4 is 27.0 Å². The third-order valence-electron chi connectivity index (χ3n) is 2.43. The second-order valence-electron chi connectivity index (χ2n) is 3.80.